The molecule has 0 fully saturated rings. The van der Waals surface area contributed by atoms with Gasteiger partial charge in [0.25, 0.3) is 0 Å². The number of fused-ring (bicyclic) bond motifs is 3. The number of hydrogen-bond acceptors (Lipinski definition) is 3. The van der Waals surface area contributed by atoms with Gasteiger partial charge >= 0.3 is 12.1 Å². The standard InChI is InChI=1S/C17H14NO4/c19-16(20)9-18-17(21)22-10-15-13-7-3-1-5-11(13)12-6-2-4-8-14(12)15/h1-8,15H,9-10H2,(H,19,20)/i18+1. The van der Waals surface area contributed by atoms with Crippen LogP contribution in [0.2, 0.25) is 0 Å². The molecule has 0 aromatic heterocycles. The van der Waals surface area contributed by atoms with Gasteiger partial charge in [-0.3, -0.25) is 4.79 Å². The summed E-state index contributed by atoms with van der Waals surface area (Å²) in [5, 5.41) is 11.8. The van der Waals surface area contributed by atoms with E-state index in [0.717, 1.165) is 22.3 Å². The molecule has 0 saturated carbocycles. The van der Waals surface area contributed by atoms with Crippen molar-refractivity contribution in [1.82, 2.24) is 5.32 Å². The number of carboxylic acids is 1. The molecule has 0 saturated heterocycles. The molecular formula is C17H14NO4. The number of ether oxygens (including phenoxy) is 1. The highest BCUT2D eigenvalue weighted by molar-refractivity contribution is 5.79. The van der Waals surface area contributed by atoms with E-state index in [-0.39, 0.29) is 12.5 Å². The third-order valence-electron chi connectivity index (χ3n) is 3.68. The van der Waals surface area contributed by atoms with Crippen molar-refractivity contribution in [2.75, 3.05) is 13.2 Å². The molecule has 0 spiro atoms. The van der Waals surface area contributed by atoms with Gasteiger partial charge in [0.05, 0.1) is 0 Å². The molecule has 2 aromatic rings. The van der Waals surface area contributed by atoms with Gasteiger partial charge in [-0.2, -0.15) is 0 Å². The average molecular weight is 297 g/mol. The molecule has 1 aliphatic rings. The molecule has 5 nitrogen and oxygen atoms in total. The Morgan fingerprint density at radius 3 is 2.09 bits per heavy atom. The van der Waals surface area contributed by atoms with Crippen molar-refractivity contribution in [1.29, 1.82) is 0 Å². The second kappa shape index (κ2) is 5.89. The van der Waals surface area contributed by atoms with E-state index in [4.69, 9.17) is 9.84 Å². The lowest BCUT2D eigenvalue weighted by molar-refractivity contribution is -0.135. The number of carboxylic acid groups (broad SMARTS) is 1. The minimum absolute atomic E-state index is 0.0450. The largest absolute Gasteiger partial charge is 0.480 e. The highest BCUT2D eigenvalue weighted by Gasteiger charge is 2.29. The first-order valence-electron chi connectivity index (χ1n) is 6.91. The quantitative estimate of drug-likeness (QED) is 0.880. The summed E-state index contributed by atoms with van der Waals surface area (Å²) >= 11 is 0. The lowest BCUT2D eigenvalue weighted by Crippen LogP contribution is -2.24. The number of rotatable bonds is 4. The first-order valence-corrected chi connectivity index (χ1v) is 6.91. The summed E-state index contributed by atoms with van der Waals surface area (Å²) in [6, 6.07) is 16.0. The lowest BCUT2D eigenvalue weighted by atomic mass is 9.98. The average Bonchev–Trinajstić information content (AvgIpc) is 2.85. The summed E-state index contributed by atoms with van der Waals surface area (Å²) in [5.41, 5.74) is 4.49. The Balaban J connectivity index is 1.77. The van der Waals surface area contributed by atoms with Crippen molar-refractivity contribution >= 4 is 12.1 Å². The third-order valence-corrected chi connectivity index (χ3v) is 3.68. The Hall–Kier alpha value is -2.82. The smallest absolute Gasteiger partial charge is 0.429 e. The van der Waals surface area contributed by atoms with Crippen molar-refractivity contribution in [2.24, 2.45) is 0 Å². The number of nitrogens with zero attached hydrogens (tertiary/aromatic N) is 1. The van der Waals surface area contributed by atoms with Gasteiger partial charge in [0.2, 0.25) is 0 Å². The van der Waals surface area contributed by atoms with Crippen molar-refractivity contribution in [3.8, 4) is 11.1 Å². The van der Waals surface area contributed by atoms with Crippen molar-refractivity contribution in [3.05, 3.63) is 59.7 Å². The van der Waals surface area contributed by atoms with E-state index in [0.29, 0.717) is 0 Å². The maximum Gasteiger partial charge on any atom is 0.429 e. The number of carbonyl (C=O) groups excluding carboxylic acids is 1. The van der Waals surface area contributed by atoms with Gasteiger partial charge in [-0.05, 0) is 22.3 Å². The number of amides is 1. The van der Waals surface area contributed by atoms with Gasteiger partial charge < -0.3 is 9.84 Å². The number of benzene rings is 2. The van der Waals surface area contributed by atoms with Crippen LogP contribution in [-0.4, -0.2) is 30.3 Å². The molecule has 3 rings (SSSR count). The first kappa shape index (κ1) is 14.1. The third kappa shape index (κ3) is 2.65. The minimum Gasteiger partial charge on any atom is -0.480 e. The Bertz CT molecular complexity index is 681. The van der Waals surface area contributed by atoms with E-state index in [1.165, 1.54) is 0 Å². The molecule has 0 aliphatic heterocycles. The predicted molar refractivity (Wildman–Crippen MR) is 79.7 cm³/mol. The van der Waals surface area contributed by atoms with Gasteiger partial charge in [-0.15, -0.1) is 0 Å². The Labute approximate surface area is 127 Å². The van der Waals surface area contributed by atoms with Gasteiger partial charge in [0, 0.05) is 5.92 Å². The fraction of sp³-hybridized carbons (Fsp3) is 0.176. The van der Waals surface area contributed by atoms with E-state index in [1.807, 2.05) is 48.5 Å². The Morgan fingerprint density at radius 2 is 1.55 bits per heavy atom. The summed E-state index contributed by atoms with van der Waals surface area (Å²) < 4.78 is 5.12. The molecule has 1 radical (unpaired) electrons. The zero-order chi connectivity index (χ0) is 15.5. The van der Waals surface area contributed by atoms with E-state index < -0.39 is 18.6 Å². The molecular weight excluding hydrogens is 283 g/mol. The highest BCUT2D eigenvalue weighted by atomic mass is 16.6. The van der Waals surface area contributed by atoms with Gasteiger partial charge in [-0.1, -0.05) is 48.5 Å². The molecule has 1 amide bonds. The molecule has 111 valence electrons. The zero-order valence-electron chi connectivity index (χ0n) is 11.7. The molecule has 0 bridgehead atoms. The molecule has 5 heteroatoms. The van der Waals surface area contributed by atoms with Crippen molar-refractivity contribution in [3.63, 3.8) is 0 Å². The topological polar surface area (TPSA) is 77.7 Å². The zero-order valence-corrected chi connectivity index (χ0v) is 11.7. The van der Waals surface area contributed by atoms with E-state index in [2.05, 4.69) is 5.32 Å². The van der Waals surface area contributed by atoms with Crippen LogP contribution in [-0.2, 0) is 9.53 Å². The van der Waals surface area contributed by atoms with Gasteiger partial charge in [-0.25, -0.2) is 10.1 Å². The van der Waals surface area contributed by atoms with Crippen LogP contribution in [0.1, 0.15) is 17.0 Å². The van der Waals surface area contributed by atoms with Crippen LogP contribution >= 0.6 is 0 Å². The molecule has 1 aliphatic carbocycles. The Morgan fingerprint density at radius 1 is 1.00 bits per heavy atom. The van der Waals surface area contributed by atoms with Crippen LogP contribution in [0, 0.1) is 0 Å². The summed E-state index contributed by atoms with van der Waals surface area (Å²) in [4.78, 5) is 21.9. The van der Waals surface area contributed by atoms with Crippen LogP contribution in [0.5, 0.6) is 0 Å². The minimum atomic E-state index is -1.16. The second-order valence-electron chi connectivity index (χ2n) is 5.01. The normalized spacial score (nSPS) is 12.4. The van der Waals surface area contributed by atoms with Crippen LogP contribution in [0.25, 0.3) is 11.1 Å². The summed E-state index contributed by atoms with van der Waals surface area (Å²) in [6.45, 7) is -0.424. The van der Waals surface area contributed by atoms with Crippen LogP contribution in [0.3, 0.4) is 0 Å². The van der Waals surface area contributed by atoms with E-state index in [9.17, 15) is 9.59 Å². The van der Waals surface area contributed by atoms with Gasteiger partial charge in [0.1, 0.15) is 13.2 Å². The van der Waals surface area contributed by atoms with Crippen LogP contribution < -0.4 is 5.32 Å². The van der Waals surface area contributed by atoms with Gasteiger partial charge in [0.15, 0.2) is 0 Å². The van der Waals surface area contributed by atoms with Crippen molar-refractivity contribution < 1.29 is 19.4 Å². The SMILES string of the molecule is O=C(O)C[15N]C(=O)OCC1c2ccccc2-c2ccccc21. The maximum absolute atomic E-state index is 11.5. The highest BCUT2D eigenvalue weighted by Crippen LogP contribution is 2.44. The molecule has 22 heavy (non-hydrogen) atoms. The fourth-order valence-electron chi connectivity index (χ4n) is 2.77. The molecule has 1 N–H and O–H groups in total. The van der Waals surface area contributed by atoms with Crippen LogP contribution in [0.4, 0.5) is 4.79 Å². The predicted octanol–water partition coefficient (Wildman–Crippen LogP) is 2.62. The number of aliphatic carboxylic acids is 1. The molecule has 0 unspecified atom stereocenters. The summed E-state index contributed by atoms with van der Waals surface area (Å²) in [7, 11) is 0. The van der Waals surface area contributed by atoms with Crippen LogP contribution in [0.15, 0.2) is 48.5 Å². The van der Waals surface area contributed by atoms with Crippen molar-refractivity contribution in [2.45, 2.75) is 5.92 Å². The molecule has 0 atom stereocenters. The summed E-state index contributed by atoms with van der Waals surface area (Å²) in [6.07, 6.45) is -0.843. The van der Waals surface area contributed by atoms with E-state index in [1.54, 1.807) is 0 Å². The molecule has 0 heterocycles. The van der Waals surface area contributed by atoms with E-state index >= 15 is 0 Å². The maximum atomic E-state index is 11.5. The number of hydrogen-bond donors (Lipinski definition) is 1. The lowest BCUT2D eigenvalue weighted by Gasteiger charge is -2.13. The Kier molecular flexibility index (Phi) is 3.78. The number of carbonyl (C=O) groups is 2. The second-order valence-corrected chi connectivity index (χ2v) is 5.01. The molecule has 2 aromatic carbocycles. The first-order chi connectivity index (χ1) is 10.7. The summed E-state index contributed by atoms with van der Waals surface area (Å²) in [5.74, 6) is -1.20. The fourth-order valence-corrected chi connectivity index (χ4v) is 2.77. The monoisotopic (exact) mass is 297 g/mol.